The summed E-state index contributed by atoms with van der Waals surface area (Å²) in [5.74, 6) is 0.685. The summed E-state index contributed by atoms with van der Waals surface area (Å²) in [5, 5.41) is 17.3. The molecular weight excluding hydrogens is 216 g/mol. The van der Waals surface area contributed by atoms with Gasteiger partial charge in [-0.2, -0.15) is 10.5 Å². The fraction of sp³-hybridized carbons (Fsp3) is 0.0833. The minimum Gasteiger partial charge on any atom is -0.497 e. The zero-order valence-corrected chi connectivity index (χ0v) is 9.21. The molecule has 17 heavy (non-hydrogen) atoms. The molecule has 1 aromatic carbocycles. The fourth-order valence-corrected chi connectivity index (χ4v) is 1.07. The summed E-state index contributed by atoms with van der Waals surface area (Å²) in [6, 6.07) is 10.6. The molecule has 2 N–H and O–H groups in total. The number of allylic oxidation sites excluding steroid dienone is 2. The van der Waals surface area contributed by atoms with Crippen LogP contribution >= 0.6 is 0 Å². The molecule has 0 unspecified atom stereocenters. The average Bonchev–Trinajstić information content (AvgIpc) is 2.39. The number of rotatable bonds is 3. The molecule has 1 aromatic rings. The van der Waals surface area contributed by atoms with E-state index in [0.29, 0.717) is 5.75 Å². The van der Waals surface area contributed by atoms with Crippen molar-refractivity contribution in [2.24, 2.45) is 10.7 Å². The molecule has 0 saturated carbocycles. The van der Waals surface area contributed by atoms with Gasteiger partial charge in [-0.25, -0.2) is 4.99 Å². The van der Waals surface area contributed by atoms with E-state index in [1.807, 2.05) is 0 Å². The van der Waals surface area contributed by atoms with Gasteiger partial charge >= 0.3 is 0 Å². The van der Waals surface area contributed by atoms with Crippen LogP contribution in [-0.4, -0.2) is 13.3 Å². The predicted molar refractivity (Wildman–Crippen MR) is 63.0 cm³/mol. The zero-order chi connectivity index (χ0) is 12.7. The van der Waals surface area contributed by atoms with Crippen molar-refractivity contribution in [2.75, 3.05) is 7.11 Å². The van der Waals surface area contributed by atoms with Gasteiger partial charge in [-0.15, -0.1) is 0 Å². The van der Waals surface area contributed by atoms with Crippen molar-refractivity contribution < 1.29 is 4.74 Å². The first-order chi connectivity index (χ1) is 8.21. The third-order valence-electron chi connectivity index (χ3n) is 1.92. The Balaban J connectivity index is 2.99. The molecule has 0 aromatic heterocycles. The number of ether oxygens (including phenoxy) is 1. The molecule has 0 radical (unpaired) electrons. The molecule has 0 spiro atoms. The summed E-state index contributed by atoms with van der Waals surface area (Å²) < 4.78 is 5.04. The van der Waals surface area contributed by atoms with Gasteiger partial charge in [0.15, 0.2) is 5.70 Å². The molecule has 0 bridgehead atoms. The monoisotopic (exact) mass is 226 g/mol. The lowest BCUT2D eigenvalue weighted by atomic mass is 10.2. The number of aliphatic imine (C=N–C) groups is 1. The van der Waals surface area contributed by atoms with Crippen molar-refractivity contribution in [3.63, 3.8) is 0 Å². The van der Waals surface area contributed by atoms with E-state index in [-0.39, 0.29) is 11.4 Å². The topological polar surface area (TPSA) is 95.2 Å². The molecule has 0 amide bonds. The first kappa shape index (κ1) is 12.3. The van der Waals surface area contributed by atoms with E-state index in [0.717, 1.165) is 5.56 Å². The summed E-state index contributed by atoms with van der Waals surface area (Å²) in [4.78, 5) is 3.85. The second-order valence-electron chi connectivity index (χ2n) is 3.02. The van der Waals surface area contributed by atoms with Gasteiger partial charge in [-0.1, -0.05) is 12.1 Å². The maximum absolute atomic E-state index is 8.73. The van der Waals surface area contributed by atoms with E-state index in [2.05, 4.69) is 4.99 Å². The second-order valence-corrected chi connectivity index (χ2v) is 3.02. The number of nitriles is 2. The molecule has 5 nitrogen and oxygen atoms in total. The van der Waals surface area contributed by atoms with Crippen molar-refractivity contribution >= 4 is 6.21 Å². The van der Waals surface area contributed by atoms with Gasteiger partial charge in [0.2, 0.25) is 0 Å². The Morgan fingerprint density at radius 2 is 2.18 bits per heavy atom. The number of methoxy groups -OCH3 is 1. The molecule has 5 heteroatoms. The van der Waals surface area contributed by atoms with E-state index in [1.165, 1.54) is 6.21 Å². The molecule has 0 fully saturated rings. The largest absolute Gasteiger partial charge is 0.497 e. The summed E-state index contributed by atoms with van der Waals surface area (Å²) in [6.45, 7) is 0. The highest BCUT2D eigenvalue weighted by Crippen LogP contribution is 2.11. The van der Waals surface area contributed by atoms with Crippen LogP contribution in [-0.2, 0) is 0 Å². The molecule has 0 heterocycles. The Labute approximate surface area is 99.1 Å². The van der Waals surface area contributed by atoms with E-state index >= 15 is 0 Å². The first-order valence-corrected chi connectivity index (χ1v) is 4.69. The number of nitrogens with zero attached hydrogens (tertiary/aromatic N) is 3. The summed E-state index contributed by atoms with van der Waals surface area (Å²) in [7, 11) is 1.56. The van der Waals surface area contributed by atoms with Crippen LogP contribution in [0.1, 0.15) is 5.56 Å². The Kier molecular flexibility index (Phi) is 4.29. The number of benzene rings is 1. The first-order valence-electron chi connectivity index (χ1n) is 4.69. The lowest BCUT2D eigenvalue weighted by Gasteiger charge is -1.99. The molecule has 0 aliphatic rings. The number of hydrogen-bond donors (Lipinski definition) is 1. The van der Waals surface area contributed by atoms with Crippen LogP contribution in [0.2, 0.25) is 0 Å². The van der Waals surface area contributed by atoms with Gasteiger partial charge in [-0.05, 0) is 17.7 Å². The predicted octanol–water partition coefficient (Wildman–Crippen LogP) is 1.33. The minimum atomic E-state index is -0.202. The highest BCUT2D eigenvalue weighted by atomic mass is 16.5. The molecule has 0 aliphatic carbocycles. The van der Waals surface area contributed by atoms with Crippen molar-refractivity contribution in [2.45, 2.75) is 0 Å². The van der Waals surface area contributed by atoms with Gasteiger partial charge in [0, 0.05) is 6.21 Å². The molecule has 0 aliphatic heterocycles. The summed E-state index contributed by atoms with van der Waals surface area (Å²) in [5.41, 5.74) is 5.75. The normalized spacial score (nSPS) is 11.5. The van der Waals surface area contributed by atoms with Crippen LogP contribution in [0.3, 0.4) is 0 Å². The quantitative estimate of drug-likeness (QED) is 0.621. The Bertz CT molecular complexity index is 546. The molecular formula is C12H10N4O. The maximum atomic E-state index is 8.73. The average molecular weight is 226 g/mol. The Morgan fingerprint density at radius 1 is 1.41 bits per heavy atom. The van der Waals surface area contributed by atoms with Crippen molar-refractivity contribution in [1.29, 1.82) is 10.5 Å². The van der Waals surface area contributed by atoms with Gasteiger partial charge in [0.1, 0.15) is 23.6 Å². The highest BCUT2D eigenvalue weighted by molar-refractivity contribution is 5.81. The van der Waals surface area contributed by atoms with Crippen molar-refractivity contribution in [1.82, 2.24) is 0 Å². The van der Waals surface area contributed by atoms with Crippen molar-refractivity contribution in [3.8, 4) is 17.9 Å². The van der Waals surface area contributed by atoms with Crippen LogP contribution < -0.4 is 10.5 Å². The third kappa shape index (κ3) is 3.37. The van der Waals surface area contributed by atoms with E-state index in [1.54, 1.807) is 43.5 Å². The summed E-state index contributed by atoms with van der Waals surface area (Å²) >= 11 is 0. The molecule has 1 rings (SSSR count). The summed E-state index contributed by atoms with van der Waals surface area (Å²) in [6.07, 6.45) is 1.45. The Hall–Kier alpha value is -2.79. The minimum absolute atomic E-state index is 0.102. The fourth-order valence-electron chi connectivity index (χ4n) is 1.07. The molecule has 84 valence electrons. The van der Waals surface area contributed by atoms with Crippen LogP contribution in [0.4, 0.5) is 0 Å². The maximum Gasteiger partial charge on any atom is 0.174 e. The smallest absolute Gasteiger partial charge is 0.174 e. The standard InChI is InChI=1S/C12H10N4O/c1-17-10-4-2-3-9(5-10)8-16-12(7-14)11(15)6-13/h2-5,8H,15H2,1H3/b12-11+,16-8+. The third-order valence-corrected chi connectivity index (χ3v) is 1.92. The zero-order valence-electron chi connectivity index (χ0n) is 9.21. The lowest BCUT2D eigenvalue weighted by molar-refractivity contribution is 0.415. The van der Waals surface area contributed by atoms with Crippen LogP contribution in [0.25, 0.3) is 0 Å². The Morgan fingerprint density at radius 3 is 2.76 bits per heavy atom. The second kappa shape index (κ2) is 5.94. The highest BCUT2D eigenvalue weighted by Gasteiger charge is 1.99. The van der Waals surface area contributed by atoms with Crippen molar-refractivity contribution in [3.05, 3.63) is 41.2 Å². The van der Waals surface area contributed by atoms with Crippen LogP contribution in [0, 0.1) is 22.7 Å². The van der Waals surface area contributed by atoms with Crippen LogP contribution in [0.5, 0.6) is 5.75 Å². The lowest BCUT2D eigenvalue weighted by Crippen LogP contribution is -1.97. The van der Waals surface area contributed by atoms with Gasteiger partial charge in [0.25, 0.3) is 0 Å². The van der Waals surface area contributed by atoms with E-state index < -0.39 is 0 Å². The van der Waals surface area contributed by atoms with Crippen LogP contribution in [0.15, 0.2) is 40.7 Å². The van der Waals surface area contributed by atoms with E-state index in [9.17, 15) is 0 Å². The SMILES string of the molecule is COc1cccc(/C=N/C(C#N)=C(/N)C#N)c1. The van der Waals surface area contributed by atoms with Gasteiger partial charge in [-0.3, -0.25) is 0 Å². The number of hydrogen-bond acceptors (Lipinski definition) is 5. The number of nitrogens with two attached hydrogens (primary N) is 1. The van der Waals surface area contributed by atoms with Gasteiger partial charge in [0.05, 0.1) is 7.11 Å². The molecule has 0 saturated heterocycles. The van der Waals surface area contributed by atoms with E-state index in [4.69, 9.17) is 21.0 Å². The van der Waals surface area contributed by atoms with Gasteiger partial charge < -0.3 is 10.5 Å². The molecule has 0 atom stereocenters.